The number of aryl methyl sites for hydroxylation is 1. The van der Waals surface area contributed by atoms with E-state index in [-0.39, 0.29) is 17.9 Å². The van der Waals surface area contributed by atoms with Gasteiger partial charge in [0.15, 0.2) is 0 Å². The molecule has 7 nitrogen and oxygen atoms in total. The maximum Gasteiger partial charge on any atom is 0.433 e. The number of nitrogens with zero attached hydrogens (tertiary/aromatic N) is 4. The molecule has 1 fully saturated rings. The Morgan fingerprint density at radius 2 is 1.97 bits per heavy atom. The molecule has 32 heavy (non-hydrogen) atoms. The van der Waals surface area contributed by atoms with Crippen LogP contribution in [0.25, 0.3) is 11.1 Å². The molecule has 1 aliphatic heterocycles. The lowest BCUT2D eigenvalue weighted by molar-refractivity contribution is -0.141. The van der Waals surface area contributed by atoms with Gasteiger partial charge in [0.2, 0.25) is 11.9 Å². The zero-order valence-electron chi connectivity index (χ0n) is 17.2. The van der Waals surface area contributed by atoms with Crippen LogP contribution in [0.2, 0.25) is 0 Å². The van der Waals surface area contributed by atoms with Crippen LogP contribution in [0, 0.1) is 6.92 Å². The number of hydrogen-bond acceptors (Lipinski definition) is 6. The Bertz CT molecular complexity index is 1130. The van der Waals surface area contributed by atoms with E-state index >= 15 is 0 Å². The average Bonchev–Trinajstić information content (AvgIpc) is 3.23. The molecule has 0 saturated carbocycles. The van der Waals surface area contributed by atoms with Gasteiger partial charge in [-0.2, -0.15) is 13.2 Å². The highest BCUT2D eigenvalue weighted by molar-refractivity contribution is 5.84. The van der Waals surface area contributed by atoms with Gasteiger partial charge in [0.25, 0.3) is 0 Å². The maximum atomic E-state index is 12.9. The fraction of sp³-hybridized carbons (Fsp3) is 0.273. The number of nitrogens with one attached hydrogen (secondary N) is 1. The van der Waals surface area contributed by atoms with Crippen LogP contribution in [0.3, 0.4) is 0 Å². The molecule has 0 radical (unpaired) electrons. The molecule has 2 aromatic heterocycles. The third kappa shape index (κ3) is 4.63. The number of benzene rings is 1. The van der Waals surface area contributed by atoms with E-state index in [4.69, 9.17) is 5.73 Å². The molecule has 10 heteroatoms. The summed E-state index contributed by atoms with van der Waals surface area (Å²) in [4.78, 5) is 25.5. The number of pyridine rings is 1. The molecule has 166 valence electrons. The molecule has 0 spiro atoms. The first-order chi connectivity index (χ1) is 15.2. The van der Waals surface area contributed by atoms with Crippen molar-refractivity contribution in [2.45, 2.75) is 32.0 Å². The zero-order chi connectivity index (χ0) is 22.9. The van der Waals surface area contributed by atoms with Crippen molar-refractivity contribution >= 4 is 23.4 Å². The van der Waals surface area contributed by atoms with E-state index in [0.717, 1.165) is 41.9 Å². The number of primary amides is 1. The van der Waals surface area contributed by atoms with Crippen molar-refractivity contribution in [1.82, 2.24) is 15.0 Å². The number of rotatable bonds is 5. The van der Waals surface area contributed by atoms with Gasteiger partial charge in [0, 0.05) is 30.2 Å². The molecule has 1 aromatic carbocycles. The van der Waals surface area contributed by atoms with Crippen LogP contribution >= 0.6 is 0 Å². The van der Waals surface area contributed by atoms with Crippen LogP contribution in [0.1, 0.15) is 24.1 Å². The number of hydrogen-bond donors (Lipinski definition) is 2. The predicted octanol–water partition coefficient (Wildman–Crippen LogP) is 4.06. The molecule has 1 saturated heterocycles. The summed E-state index contributed by atoms with van der Waals surface area (Å²) >= 11 is 0. The number of alkyl halides is 3. The Hall–Kier alpha value is -3.69. The van der Waals surface area contributed by atoms with Crippen LogP contribution in [0.15, 0.2) is 48.8 Å². The van der Waals surface area contributed by atoms with Gasteiger partial charge in [-0.3, -0.25) is 4.79 Å². The Balaban J connectivity index is 1.57. The minimum Gasteiger partial charge on any atom is -0.368 e. The number of aromatic nitrogens is 3. The highest BCUT2D eigenvalue weighted by Crippen LogP contribution is 2.30. The lowest BCUT2D eigenvalue weighted by Gasteiger charge is -2.23. The predicted molar refractivity (Wildman–Crippen MR) is 114 cm³/mol. The second-order valence-electron chi connectivity index (χ2n) is 7.63. The van der Waals surface area contributed by atoms with Gasteiger partial charge in [-0.15, -0.1) is 0 Å². The molecule has 1 aliphatic rings. The molecule has 1 atom stereocenters. The first kappa shape index (κ1) is 21.5. The number of halogens is 3. The van der Waals surface area contributed by atoms with Crippen LogP contribution in [-0.2, 0) is 11.0 Å². The van der Waals surface area contributed by atoms with Gasteiger partial charge in [-0.05, 0) is 61.2 Å². The normalized spacial score (nSPS) is 16.2. The van der Waals surface area contributed by atoms with Gasteiger partial charge in [0.05, 0.1) is 0 Å². The van der Waals surface area contributed by atoms with E-state index in [1.807, 2.05) is 30.0 Å². The first-order valence-electron chi connectivity index (χ1n) is 10.0. The average molecular weight is 442 g/mol. The lowest BCUT2D eigenvalue weighted by atomic mass is 10.0. The molecule has 4 rings (SSSR count). The molecular formula is C22H21F3N6O. The number of amides is 1. The van der Waals surface area contributed by atoms with Crippen molar-refractivity contribution in [3.63, 3.8) is 0 Å². The summed E-state index contributed by atoms with van der Waals surface area (Å²) in [7, 11) is 0. The fourth-order valence-corrected chi connectivity index (χ4v) is 3.79. The Labute approximate surface area is 182 Å². The highest BCUT2D eigenvalue weighted by atomic mass is 19.4. The van der Waals surface area contributed by atoms with Gasteiger partial charge in [-0.1, -0.05) is 6.07 Å². The summed E-state index contributed by atoms with van der Waals surface area (Å²) in [6, 6.07) is 9.71. The van der Waals surface area contributed by atoms with Crippen molar-refractivity contribution in [3.8, 4) is 11.1 Å². The van der Waals surface area contributed by atoms with Crippen LogP contribution in [0.4, 0.5) is 30.6 Å². The first-order valence-corrected chi connectivity index (χ1v) is 10.0. The number of carbonyl (C=O) groups is 1. The smallest absolute Gasteiger partial charge is 0.368 e. The van der Waals surface area contributed by atoms with Crippen LogP contribution in [0.5, 0.6) is 0 Å². The quantitative estimate of drug-likeness (QED) is 0.619. The highest BCUT2D eigenvalue weighted by Gasteiger charge is 2.33. The summed E-state index contributed by atoms with van der Waals surface area (Å²) in [5, 5.41) is 2.84. The van der Waals surface area contributed by atoms with E-state index in [0.29, 0.717) is 17.9 Å². The Morgan fingerprint density at radius 3 is 2.66 bits per heavy atom. The second kappa shape index (κ2) is 8.45. The van der Waals surface area contributed by atoms with E-state index in [9.17, 15) is 18.0 Å². The van der Waals surface area contributed by atoms with Crippen molar-refractivity contribution in [3.05, 3.63) is 60.0 Å². The van der Waals surface area contributed by atoms with Crippen molar-refractivity contribution in [2.75, 3.05) is 16.8 Å². The third-order valence-electron chi connectivity index (χ3n) is 5.24. The standard InChI is InChI=1S/C22H21F3N6O/c1-13-9-15(11-16(10-13)29-21-27-7-6-18(30-21)22(23,24)25)14-4-5-19(28-12-14)31-8-2-3-17(31)20(26)32/h4-7,9-12,17H,2-3,8H2,1H3,(H2,26,32)(H,27,29,30). The summed E-state index contributed by atoms with van der Waals surface area (Å²) in [5.41, 5.74) is 7.57. The Morgan fingerprint density at radius 1 is 1.16 bits per heavy atom. The SMILES string of the molecule is Cc1cc(Nc2nccc(C(F)(F)F)n2)cc(-c2ccc(N3CCCC3C(N)=O)nc2)c1. The summed E-state index contributed by atoms with van der Waals surface area (Å²) in [6.07, 6.45) is -0.196. The molecule has 0 bridgehead atoms. The number of anilines is 3. The second-order valence-corrected chi connectivity index (χ2v) is 7.63. The molecule has 3 aromatic rings. The van der Waals surface area contributed by atoms with Crippen molar-refractivity contribution in [2.24, 2.45) is 5.73 Å². The minimum atomic E-state index is -4.55. The molecular weight excluding hydrogens is 421 g/mol. The van der Waals surface area contributed by atoms with E-state index < -0.39 is 11.9 Å². The molecule has 3 heterocycles. The molecule has 3 N–H and O–H groups in total. The van der Waals surface area contributed by atoms with Gasteiger partial charge in [0.1, 0.15) is 17.6 Å². The fourth-order valence-electron chi connectivity index (χ4n) is 3.79. The zero-order valence-corrected chi connectivity index (χ0v) is 17.2. The summed E-state index contributed by atoms with van der Waals surface area (Å²) < 4.78 is 38.7. The maximum absolute atomic E-state index is 12.9. The minimum absolute atomic E-state index is 0.142. The van der Waals surface area contributed by atoms with Crippen LogP contribution in [-0.4, -0.2) is 33.4 Å². The monoisotopic (exact) mass is 442 g/mol. The molecule has 1 unspecified atom stereocenters. The van der Waals surface area contributed by atoms with Crippen molar-refractivity contribution in [1.29, 1.82) is 0 Å². The van der Waals surface area contributed by atoms with E-state index in [2.05, 4.69) is 20.3 Å². The lowest BCUT2D eigenvalue weighted by Crippen LogP contribution is -2.40. The van der Waals surface area contributed by atoms with Gasteiger partial charge in [-0.25, -0.2) is 15.0 Å². The largest absolute Gasteiger partial charge is 0.433 e. The van der Waals surface area contributed by atoms with Gasteiger partial charge < -0.3 is 16.0 Å². The van der Waals surface area contributed by atoms with Crippen LogP contribution < -0.4 is 16.0 Å². The third-order valence-corrected chi connectivity index (χ3v) is 5.24. The van der Waals surface area contributed by atoms with E-state index in [1.165, 1.54) is 0 Å². The summed E-state index contributed by atoms with van der Waals surface area (Å²) in [6.45, 7) is 2.60. The van der Waals surface area contributed by atoms with E-state index in [1.54, 1.807) is 18.3 Å². The summed E-state index contributed by atoms with van der Waals surface area (Å²) in [5.74, 6) is 0.175. The number of nitrogens with two attached hydrogens (primary N) is 1. The molecule has 1 amide bonds. The topological polar surface area (TPSA) is 97.0 Å². The molecule has 0 aliphatic carbocycles. The van der Waals surface area contributed by atoms with Crippen molar-refractivity contribution < 1.29 is 18.0 Å². The number of carbonyl (C=O) groups excluding carboxylic acids is 1. The Kier molecular flexibility index (Phi) is 5.68. The van der Waals surface area contributed by atoms with Gasteiger partial charge >= 0.3 is 6.18 Å².